The Labute approximate surface area is 162 Å². The number of methoxy groups -OCH3 is 2. The molecule has 0 spiro atoms. The minimum Gasteiger partial charge on any atom is -0.506 e. The molecule has 0 aliphatic rings. The van der Waals surface area contributed by atoms with Crippen LogP contribution in [0, 0.1) is 0 Å². The topological polar surface area (TPSA) is 105 Å². The number of halogens is 1. The second kappa shape index (κ2) is 8.03. The molecular formula is C17H19ClN2O6S. The molecule has 146 valence electrons. The Morgan fingerprint density at radius 2 is 1.81 bits per heavy atom. The summed E-state index contributed by atoms with van der Waals surface area (Å²) in [5.74, 6) is -0.374. The number of amides is 1. The van der Waals surface area contributed by atoms with Crippen molar-refractivity contribution >= 4 is 33.2 Å². The summed E-state index contributed by atoms with van der Waals surface area (Å²) in [5.41, 5.74) is 0.0757. The number of hydrogen-bond acceptors (Lipinski definition) is 6. The number of ether oxygens (including phenoxy) is 2. The molecule has 2 aromatic rings. The molecule has 27 heavy (non-hydrogen) atoms. The fraction of sp³-hybridized carbons (Fsp3) is 0.235. The Bertz CT molecular complexity index is 976. The first-order valence-corrected chi connectivity index (χ1v) is 9.42. The third-order valence-corrected chi connectivity index (χ3v) is 5.78. The number of sulfonamides is 1. The summed E-state index contributed by atoms with van der Waals surface area (Å²) >= 11 is 6.09. The molecule has 0 heterocycles. The molecule has 0 atom stereocenters. The first-order chi connectivity index (χ1) is 12.6. The Morgan fingerprint density at radius 1 is 1.15 bits per heavy atom. The van der Waals surface area contributed by atoms with Crippen LogP contribution in [0.5, 0.6) is 17.2 Å². The Balaban J connectivity index is 2.40. The number of phenols is 1. The molecule has 1 amide bonds. The number of nitrogens with zero attached hydrogens (tertiary/aromatic N) is 1. The fourth-order valence-electron chi connectivity index (χ4n) is 2.23. The lowest BCUT2D eigenvalue weighted by atomic mass is 10.1. The predicted octanol–water partition coefficient (Wildman–Crippen LogP) is 2.57. The smallest absolute Gasteiger partial charge is 0.255 e. The van der Waals surface area contributed by atoms with Crippen molar-refractivity contribution in [3.63, 3.8) is 0 Å². The van der Waals surface area contributed by atoms with E-state index in [0.29, 0.717) is 0 Å². The molecule has 2 aromatic carbocycles. The van der Waals surface area contributed by atoms with E-state index in [1.807, 2.05) is 0 Å². The van der Waals surface area contributed by atoms with Crippen molar-refractivity contribution in [2.75, 3.05) is 33.6 Å². The quantitative estimate of drug-likeness (QED) is 0.704. The number of benzene rings is 2. The summed E-state index contributed by atoms with van der Waals surface area (Å²) in [6.45, 7) is 0. The maximum atomic E-state index is 12.5. The standard InChI is InChI=1S/C17H19ClN2O6S/c1-20(2)27(23,24)11-5-6-14(21)13(9-11)19-17(22)10-7-12(18)16(26-4)15(8-10)25-3/h5-9,21H,1-4H3,(H,19,22). The highest BCUT2D eigenvalue weighted by atomic mass is 35.5. The van der Waals surface area contributed by atoms with Gasteiger partial charge in [0.05, 0.1) is 29.8 Å². The van der Waals surface area contributed by atoms with Gasteiger partial charge in [-0.1, -0.05) is 11.6 Å². The van der Waals surface area contributed by atoms with E-state index in [9.17, 15) is 18.3 Å². The van der Waals surface area contributed by atoms with Gasteiger partial charge in [-0.15, -0.1) is 0 Å². The van der Waals surface area contributed by atoms with E-state index >= 15 is 0 Å². The highest BCUT2D eigenvalue weighted by molar-refractivity contribution is 7.89. The van der Waals surface area contributed by atoms with Gasteiger partial charge in [0, 0.05) is 19.7 Å². The molecule has 0 aliphatic carbocycles. The van der Waals surface area contributed by atoms with Crippen molar-refractivity contribution in [2.45, 2.75) is 4.90 Å². The van der Waals surface area contributed by atoms with Crippen LogP contribution in [0.4, 0.5) is 5.69 Å². The third kappa shape index (κ3) is 4.26. The van der Waals surface area contributed by atoms with Crippen LogP contribution < -0.4 is 14.8 Å². The van der Waals surface area contributed by atoms with Gasteiger partial charge < -0.3 is 19.9 Å². The van der Waals surface area contributed by atoms with Gasteiger partial charge in [-0.05, 0) is 30.3 Å². The molecule has 0 aromatic heterocycles. The van der Waals surface area contributed by atoms with Crippen LogP contribution >= 0.6 is 11.6 Å². The first kappa shape index (κ1) is 20.8. The van der Waals surface area contributed by atoms with E-state index < -0.39 is 15.9 Å². The maximum absolute atomic E-state index is 12.5. The molecule has 0 saturated carbocycles. The minimum absolute atomic E-state index is 0.0613. The molecule has 0 aliphatic heterocycles. The average Bonchev–Trinajstić information content (AvgIpc) is 2.62. The SMILES string of the molecule is COc1cc(C(=O)Nc2cc(S(=O)(=O)N(C)C)ccc2O)cc(Cl)c1OC. The lowest BCUT2D eigenvalue weighted by Crippen LogP contribution is -2.22. The number of hydrogen-bond donors (Lipinski definition) is 2. The molecule has 0 bridgehead atoms. The lowest BCUT2D eigenvalue weighted by molar-refractivity contribution is 0.102. The van der Waals surface area contributed by atoms with E-state index in [4.69, 9.17) is 21.1 Å². The Kier molecular flexibility index (Phi) is 6.19. The van der Waals surface area contributed by atoms with Gasteiger partial charge in [-0.3, -0.25) is 4.79 Å². The molecular weight excluding hydrogens is 396 g/mol. The number of anilines is 1. The molecule has 2 rings (SSSR count). The summed E-state index contributed by atoms with van der Waals surface area (Å²) in [6, 6.07) is 6.39. The zero-order valence-electron chi connectivity index (χ0n) is 15.1. The van der Waals surface area contributed by atoms with Gasteiger partial charge in [-0.2, -0.15) is 0 Å². The number of phenolic OH excluding ortho intramolecular Hbond substituents is 1. The molecule has 0 saturated heterocycles. The Morgan fingerprint density at radius 3 is 2.37 bits per heavy atom. The molecule has 8 nitrogen and oxygen atoms in total. The molecule has 2 N–H and O–H groups in total. The second-order valence-corrected chi connectivity index (χ2v) is 8.17. The van der Waals surface area contributed by atoms with Gasteiger partial charge in [0.2, 0.25) is 10.0 Å². The van der Waals surface area contributed by atoms with Crippen LogP contribution in [-0.4, -0.2) is 52.1 Å². The lowest BCUT2D eigenvalue weighted by Gasteiger charge is -2.14. The largest absolute Gasteiger partial charge is 0.506 e. The monoisotopic (exact) mass is 414 g/mol. The summed E-state index contributed by atoms with van der Waals surface area (Å²) < 4.78 is 35.8. The molecule has 10 heteroatoms. The number of rotatable bonds is 6. The van der Waals surface area contributed by atoms with E-state index in [1.54, 1.807) is 0 Å². The predicted molar refractivity (Wildman–Crippen MR) is 101 cm³/mol. The molecule has 0 fully saturated rings. The normalized spacial score (nSPS) is 11.3. The number of aromatic hydroxyl groups is 1. The van der Waals surface area contributed by atoms with Crippen LogP contribution in [0.25, 0.3) is 0 Å². The third-order valence-electron chi connectivity index (χ3n) is 3.69. The van der Waals surface area contributed by atoms with Crippen LogP contribution in [-0.2, 0) is 10.0 Å². The Hall–Kier alpha value is -2.49. The average molecular weight is 415 g/mol. The zero-order chi connectivity index (χ0) is 20.4. The van der Waals surface area contributed by atoms with Crippen LogP contribution in [0.3, 0.4) is 0 Å². The highest BCUT2D eigenvalue weighted by Crippen LogP contribution is 2.36. The maximum Gasteiger partial charge on any atom is 0.255 e. The summed E-state index contributed by atoms with van der Waals surface area (Å²) in [5, 5.41) is 12.6. The summed E-state index contributed by atoms with van der Waals surface area (Å²) in [7, 11) is 1.85. The van der Waals surface area contributed by atoms with E-state index in [-0.39, 0.29) is 38.4 Å². The van der Waals surface area contributed by atoms with E-state index in [0.717, 1.165) is 4.31 Å². The van der Waals surface area contributed by atoms with Gasteiger partial charge in [0.15, 0.2) is 11.5 Å². The van der Waals surface area contributed by atoms with Crippen molar-refractivity contribution in [1.82, 2.24) is 4.31 Å². The first-order valence-electron chi connectivity index (χ1n) is 7.60. The summed E-state index contributed by atoms with van der Waals surface area (Å²) in [4.78, 5) is 12.5. The molecule has 0 unspecified atom stereocenters. The van der Waals surface area contributed by atoms with Crippen molar-refractivity contribution in [3.05, 3.63) is 40.9 Å². The van der Waals surface area contributed by atoms with Gasteiger partial charge >= 0.3 is 0 Å². The van der Waals surface area contributed by atoms with E-state index in [2.05, 4.69) is 5.32 Å². The summed E-state index contributed by atoms with van der Waals surface area (Å²) in [6.07, 6.45) is 0. The number of carbonyl (C=O) groups excluding carboxylic acids is 1. The minimum atomic E-state index is -3.73. The fourth-order valence-corrected chi connectivity index (χ4v) is 3.45. The zero-order valence-corrected chi connectivity index (χ0v) is 16.7. The second-order valence-electron chi connectivity index (χ2n) is 5.61. The number of nitrogens with one attached hydrogen (secondary N) is 1. The van der Waals surface area contributed by atoms with Gasteiger partial charge in [0.1, 0.15) is 5.75 Å². The van der Waals surface area contributed by atoms with Crippen molar-refractivity contribution < 1.29 is 27.8 Å². The molecule has 0 radical (unpaired) electrons. The van der Waals surface area contributed by atoms with Crippen LogP contribution in [0.1, 0.15) is 10.4 Å². The number of carbonyl (C=O) groups is 1. The van der Waals surface area contributed by atoms with Crippen molar-refractivity contribution in [1.29, 1.82) is 0 Å². The van der Waals surface area contributed by atoms with E-state index in [1.165, 1.54) is 58.6 Å². The van der Waals surface area contributed by atoms with Crippen molar-refractivity contribution in [2.24, 2.45) is 0 Å². The van der Waals surface area contributed by atoms with Crippen LogP contribution in [0.15, 0.2) is 35.2 Å². The highest BCUT2D eigenvalue weighted by Gasteiger charge is 2.20. The van der Waals surface area contributed by atoms with Gasteiger partial charge in [0.25, 0.3) is 5.91 Å². The van der Waals surface area contributed by atoms with Gasteiger partial charge in [-0.25, -0.2) is 12.7 Å². The van der Waals surface area contributed by atoms with Crippen LogP contribution in [0.2, 0.25) is 5.02 Å². The van der Waals surface area contributed by atoms with Crippen molar-refractivity contribution in [3.8, 4) is 17.2 Å².